The van der Waals surface area contributed by atoms with Gasteiger partial charge >= 0.3 is 0 Å². The van der Waals surface area contributed by atoms with E-state index >= 15 is 0 Å². The molecule has 35 heavy (non-hydrogen) atoms. The number of ether oxygens (including phenoxy) is 1. The molecule has 0 atom stereocenters. The Hall–Kier alpha value is -4.06. The Bertz CT molecular complexity index is 1300. The predicted molar refractivity (Wildman–Crippen MR) is 144 cm³/mol. The van der Waals surface area contributed by atoms with Crippen LogP contribution in [0.1, 0.15) is 42.6 Å². The Kier molecular flexibility index (Phi) is 7.51. The van der Waals surface area contributed by atoms with Crippen molar-refractivity contribution in [1.29, 1.82) is 0 Å². The van der Waals surface area contributed by atoms with E-state index in [0.717, 1.165) is 59.4 Å². The molecule has 0 spiro atoms. The highest BCUT2D eigenvalue weighted by molar-refractivity contribution is 5.97. The van der Waals surface area contributed by atoms with E-state index in [1.807, 2.05) is 59.5 Å². The van der Waals surface area contributed by atoms with Gasteiger partial charge in [0, 0.05) is 29.9 Å². The molecule has 4 rings (SSSR count). The number of nitrogens with zero attached hydrogens (tertiary/aromatic N) is 2. The standard InChI is InChI=1S/C29H32N4O2/c1-5-18-33(19-6-2)28(34)23-14-12-21(13-15-23)20(3)30-29-31-26-24(22-10-8-7-9-11-22)16-17-25(35-4)27(26)32-29/h7-17H,3,5-6,18-19H2,1-2,4H3,(H2,30,31,32). The highest BCUT2D eigenvalue weighted by Gasteiger charge is 2.16. The third-order valence-electron chi connectivity index (χ3n) is 5.94. The molecule has 1 amide bonds. The van der Waals surface area contributed by atoms with Crippen molar-refractivity contribution in [3.05, 3.63) is 84.4 Å². The highest BCUT2D eigenvalue weighted by atomic mass is 16.5. The molecule has 0 fully saturated rings. The number of hydrogen-bond acceptors (Lipinski definition) is 4. The maximum atomic E-state index is 12.9. The molecule has 1 heterocycles. The lowest BCUT2D eigenvalue weighted by Crippen LogP contribution is -2.32. The van der Waals surface area contributed by atoms with Crippen molar-refractivity contribution in [1.82, 2.24) is 14.9 Å². The zero-order chi connectivity index (χ0) is 24.8. The van der Waals surface area contributed by atoms with E-state index in [0.29, 0.717) is 17.2 Å². The average Bonchev–Trinajstić information content (AvgIpc) is 3.31. The maximum absolute atomic E-state index is 12.9. The molecule has 0 aliphatic carbocycles. The average molecular weight is 469 g/mol. The third-order valence-corrected chi connectivity index (χ3v) is 5.94. The molecular formula is C29H32N4O2. The normalized spacial score (nSPS) is 10.8. The fourth-order valence-corrected chi connectivity index (χ4v) is 4.21. The van der Waals surface area contributed by atoms with Crippen LogP contribution in [0.4, 0.5) is 5.95 Å². The number of nitrogens with one attached hydrogen (secondary N) is 2. The van der Waals surface area contributed by atoms with E-state index in [4.69, 9.17) is 9.72 Å². The Labute approximate surface area is 206 Å². The van der Waals surface area contributed by atoms with Gasteiger partial charge in [0.05, 0.1) is 7.11 Å². The lowest BCUT2D eigenvalue weighted by Gasteiger charge is -2.21. The summed E-state index contributed by atoms with van der Waals surface area (Å²) >= 11 is 0. The first-order valence-corrected chi connectivity index (χ1v) is 12.0. The van der Waals surface area contributed by atoms with E-state index in [1.54, 1.807) is 7.11 Å². The Morgan fingerprint density at radius 1 is 0.971 bits per heavy atom. The molecular weight excluding hydrogens is 436 g/mol. The van der Waals surface area contributed by atoms with Gasteiger partial charge in [-0.25, -0.2) is 4.98 Å². The minimum absolute atomic E-state index is 0.0663. The number of fused-ring (bicyclic) bond motifs is 1. The van der Waals surface area contributed by atoms with Crippen molar-refractivity contribution in [2.24, 2.45) is 0 Å². The molecule has 3 aromatic carbocycles. The number of anilines is 1. The molecule has 0 saturated heterocycles. The van der Waals surface area contributed by atoms with Crippen LogP contribution in [0, 0.1) is 0 Å². The van der Waals surface area contributed by atoms with Gasteiger partial charge in [0.25, 0.3) is 5.91 Å². The van der Waals surface area contributed by atoms with Crippen LogP contribution in [-0.2, 0) is 0 Å². The molecule has 0 unspecified atom stereocenters. The lowest BCUT2D eigenvalue weighted by molar-refractivity contribution is 0.0755. The van der Waals surface area contributed by atoms with Crippen molar-refractivity contribution in [2.45, 2.75) is 26.7 Å². The van der Waals surface area contributed by atoms with Crippen LogP contribution in [0.15, 0.2) is 73.3 Å². The summed E-state index contributed by atoms with van der Waals surface area (Å²) in [6, 6.07) is 21.7. The molecule has 0 aliphatic heterocycles. The molecule has 180 valence electrons. The van der Waals surface area contributed by atoms with E-state index in [1.165, 1.54) is 0 Å². The number of imidazole rings is 1. The van der Waals surface area contributed by atoms with E-state index in [9.17, 15) is 4.79 Å². The van der Waals surface area contributed by atoms with Crippen molar-refractivity contribution in [2.75, 3.05) is 25.5 Å². The minimum Gasteiger partial charge on any atom is -0.494 e. The Morgan fingerprint density at radius 2 is 1.63 bits per heavy atom. The van der Waals surface area contributed by atoms with E-state index in [-0.39, 0.29) is 5.91 Å². The van der Waals surface area contributed by atoms with Crippen LogP contribution in [0.25, 0.3) is 27.9 Å². The summed E-state index contributed by atoms with van der Waals surface area (Å²) in [4.78, 5) is 22.9. The summed E-state index contributed by atoms with van der Waals surface area (Å²) in [7, 11) is 1.65. The van der Waals surface area contributed by atoms with Gasteiger partial charge in [-0.05, 0) is 48.2 Å². The van der Waals surface area contributed by atoms with Crippen LogP contribution in [0.3, 0.4) is 0 Å². The Morgan fingerprint density at radius 3 is 2.26 bits per heavy atom. The fraction of sp³-hybridized carbons (Fsp3) is 0.241. The van der Waals surface area contributed by atoms with Gasteiger partial charge in [0.2, 0.25) is 5.95 Å². The van der Waals surface area contributed by atoms with Gasteiger partial charge in [-0.3, -0.25) is 4.79 Å². The molecule has 0 aliphatic rings. The molecule has 2 N–H and O–H groups in total. The molecule has 6 heteroatoms. The fourth-order valence-electron chi connectivity index (χ4n) is 4.21. The van der Waals surface area contributed by atoms with Crippen LogP contribution in [-0.4, -0.2) is 41.0 Å². The zero-order valence-corrected chi connectivity index (χ0v) is 20.6. The number of carbonyl (C=O) groups is 1. The molecule has 1 aromatic heterocycles. The number of rotatable bonds is 10. The topological polar surface area (TPSA) is 70.2 Å². The van der Waals surface area contributed by atoms with Gasteiger partial charge in [-0.1, -0.05) is 62.9 Å². The first-order chi connectivity index (χ1) is 17.0. The van der Waals surface area contributed by atoms with E-state index < -0.39 is 0 Å². The summed E-state index contributed by atoms with van der Waals surface area (Å²) in [5, 5.41) is 3.28. The largest absolute Gasteiger partial charge is 0.494 e. The summed E-state index contributed by atoms with van der Waals surface area (Å²) in [5.74, 6) is 1.36. The summed E-state index contributed by atoms with van der Waals surface area (Å²) in [5.41, 5.74) is 5.98. The maximum Gasteiger partial charge on any atom is 0.253 e. The number of aromatic amines is 1. The quantitative estimate of drug-likeness (QED) is 0.276. The number of aromatic nitrogens is 2. The van der Waals surface area contributed by atoms with Gasteiger partial charge in [-0.15, -0.1) is 0 Å². The van der Waals surface area contributed by atoms with Gasteiger partial charge in [0.15, 0.2) is 0 Å². The summed E-state index contributed by atoms with van der Waals surface area (Å²) < 4.78 is 5.55. The third kappa shape index (κ3) is 5.22. The molecule has 0 saturated carbocycles. The van der Waals surface area contributed by atoms with Crippen molar-refractivity contribution in [3.63, 3.8) is 0 Å². The number of H-pyrrole nitrogens is 1. The predicted octanol–water partition coefficient (Wildman–Crippen LogP) is 6.58. The second-order valence-corrected chi connectivity index (χ2v) is 8.46. The van der Waals surface area contributed by atoms with Crippen LogP contribution in [0.2, 0.25) is 0 Å². The highest BCUT2D eigenvalue weighted by Crippen LogP contribution is 2.34. The van der Waals surface area contributed by atoms with Crippen molar-refractivity contribution in [3.8, 4) is 16.9 Å². The first-order valence-electron chi connectivity index (χ1n) is 12.0. The number of methoxy groups -OCH3 is 1. The summed E-state index contributed by atoms with van der Waals surface area (Å²) in [6.07, 6.45) is 1.89. The number of benzene rings is 3. The zero-order valence-electron chi connectivity index (χ0n) is 20.6. The van der Waals surface area contributed by atoms with Crippen molar-refractivity contribution < 1.29 is 9.53 Å². The van der Waals surface area contributed by atoms with Crippen LogP contribution < -0.4 is 10.1 Å². The molecule has 6 nitrogen and oxygen atoms in total. The number of amides is 1. The molecule has 4 aromatic rings. The monoisotopic (exact) mass is 468 g/mol. The number of carbonyl (C=O) groups excluding carboxylic acids is 1. The SMILES string of the molecule is C=C(Nc1nc2c(-c3ccccc3)ccc(OC)c2[nH]1)c1ccc(C(=O)N(CCC)CCC)cc1. The molecule has 0 radical (unpaired) electrons. The van der Waals surface area contributed by atoms with E-state index in [2.05, 4.69) is 42.9 Å². The summed E-state index contributed by atoms with van der Waals surface area (Å²) in [6.45, 7) is 9.90. The van der Waals surface area contributed by atoms with Gasteiger partial charge in [0.1, 0.15) is 16.8 Å². The Balaban J connectivity index is 1.56. The van der Waals surface area contributed by atoms with Crippen LogP contribution >= 0.6 is 0 Å². The second kappa shape index (κ2) is 10.9. The lowest BCUT2D eigenvalue weighted by atomic mass is 10.0. The first kappa shape index (κ1) is 24.1. The smallest absolute Gasteiger partial charge is 0.253 e. The molecule has 0 bridgehead atoms. The second-order valence-electron chi connectivity index (χ2n) is 8.46. The van der Waals surface area contributed by atoms with Gasteiger partial charge < -0.3 is 19.9 Å². The van der Waals surface area contributed by atoms with Crippen molar-refractivity contribution >= 4 is 28.6 Å². The van der Waals surface area contributed by atoms with Crippen LogP contribution in [0.5, 0.6) is 5.75 Å². The number of hydrogen-bond donors (Lipinski definition) is 2. The van der Waals surface area contributed by atoms with Gasteiger partial charge in [-0.2, -0.15) is 0 Å². The minimum atomic E-state index is 0.0663.